The third kappa shape index (κ3) is 11.6. The van der Waals surface area contributed by atoms with Crippen molar-refractivity contribution in [1.82, 2.24) is 10.2 Å². The largest absolute Gasteiger partial charge is 0.439 e. The molecule has 0 bridgehead atoms. The molecule has 266 valence electrons. The summed E-state index contributed by atoms with van der Waals surface area (Å²) in [5, 5.41) is 23.7. The number of alkyl carbamates (subject to hydrolysis) is 1. The Morgan fingerprint density at radius 3 is 2.62 bits per heavy atom. The highest BCUT2D eigenvalue weighted by Gasteiger charge is 2.46. The molecule has 0 aromatic heterocycles. The number of hydrogen-bond donors (Lipinski definition) is 6. The van der Waals surface area contributed by atoms with Crippen molar-refractivity contribution in [2.45, 2.75) is 64.0 Å². The molecule has 0 saturated carbocycles. The van der Waals surface area contributed by atoms with Gasteiger partial charge in [-0.05, 0) is 44.2 Å². The van der Waals surface area contributed by atoms with Gasteiger partial charge < -0.3 is 46.0 Å². The van der Waals surface area contributed by atoms with Gasteiger partial charge >= 0.3 is 6.09 Å². The lowest BCUT2D eigenvalue weighted by Crippen LogP contribution is -2.91. The van der Waals surface area contributed by atoms with Crippen molar-refractivity contribution in [1.29, 1.82) is 5.41 Å². The summed E-state index contributed by atoms with van der Waals surface area (Å²) in [6.07, 6.45) is 6.28. The number of aliphatic imine (C=N–C) groups is 1. The highest BCUT2D eigenvalue weighted by molar-refractivity contribution is 6.38. The summed E-state index contributed by atoms with van der Waals surface area (Å²) < 4.78 is 38.8. The summed E-state index contributed by atoms with van der Waals surface area (Å²) in [5.41, 5.74) is 0.286. The molecule has 1 aromatic rings. The van der Waals surface area contributed by atoms with E-state index in [1.54, 1.807) is 13.8 Å². The maximum absolute atomic E-state index is 14.5. The third-order valence-electron chi connectivity index (χ3n) is 8.37. The fourth-order valence-corrected chi connectivity index (χ4v) is 5.05. The average molecular weight is 683 g/mol. The molecule has 16 heteroatoms. The van der Waals surface area contributed by atoms with Gasteiger partial charge in [0.1, 0.15) is 42.9 Å². The van der Waals surface area contributed by atoms with Crippen LogP contribution >= 0.6 is 0 Å². The summed E-state index contributed by atoms with van der Waals surface area (Å²) >= 11 is 0. The first-order valence-electron chi connectivity index (χ1n) is 15.9. The van der Waals surface area contributed by atoms with E-state index in [1.165, 1.54) is 28.1 Å². The lowest BCUT2D eigenvalue weighted by atomic mass is 9.82. The first-order valence-corrected chi connectivity index (χ1v) is 15.9. The molecule has 14 nitrogen and oxygen atoms in total. The fraction of sp³-hybridized carbons (Fsp3) is 0.562. The predicted molar refractivity (Wildman–Crippen MR) is 170 cm³/mol. The lowest BCUT2D eigenvalue weighted by molar-refractivity contribution is -0.631. The van der Waals surface area contributed by atoms with Gasteiger partial charge in [-0.25, -0.2) is 13.6 Å². The van der Waals surface area contributed by atoms with E-state index >= 15 is 0 Å². The van der Waals surface area contributed by atoms with E-state index in [2.05, 4.69) is 16.0 Å². The number of halogens is 2. The Bertz CT molecular complexity index is 1340. The number of benzene rings is 1. The Balaban J connectivity index is 1.80. The monoisotopic (exact) mass is 682 g/mol. The normalized spacial score (nSPS) is 18.3. The third-order valence-corrected chi connectivity index (χ3v) is 8.37. The summed E-state index contributed by atoms with van der Waals surface area (Å²) in [5.74, 6) is -2.89. The molecule has 0 radical (unpaired) electrons. The molecule has 1 aromatic carbocycles. The standard InChI is InChI=1S/C32H47F2N7O7/c1-4-30(2,3)27(43)28(44)41-12-6-5-10-31(41,19-42)20-47-13-7-11-40-29(45)48-16-24(36)15-37-17-32(46,18-38-22-39-21-35)25-9-8-23(33)14-26(25)34/h8-9,14-15,19,21-22,37,46H,4-7,10-13,16-18,20,36H2,1-3H3,(H,40,45)(H2,35,38,39)/p+3/b24-15-. The highest BCUT2D eigenvalue weighted by atomic mass is 19.1. The van der Waals surface area contributed by atoms with Crippen LogP contribution in [0.2, 0.25) is 0 Å². The van der Waals surface area contributed by atoms with Crippen LogP contribution in [0.25, 0.3) is 0 Å². The smallest absolute Gasteiger partial charge is 0.407 e. The van der Waals surface area contributed by atoms with E-state index in [4.69, 9.17) is 14.9 Å². The van der Waals surface area contributed by atoms with Crippen molar-refractivity contribution in [3.8, 4) is 0 Å². The minimum atomic E-state index is -1.75. The number of nitrogens with two attached hydrogens (primary N) is 2. The first-order chi connectivity index (χ1) is 22.7. The molecule has 0 aliphatic carbocycles. The van der Waals surface area contributed by atoms with Crippen molar-refractivity contribution < 1.29 is 58.9 Å². The molecular weight excluding hydrogens is 632 g/mol. The number of rotatable bonds is 20. The van der Waals surface area contributed by atoms with Crippen LogP contribution in [0.15, 0.2) is 35.1 Å². The Hall–Kier alpha value is -3.96. The molecule has 48 heavy (non-hydrogen) atoms. The molecule has 1 fully saturated rings. The van der Waals surface area contributed by atoms with Gasteiger partial charge in [0.05, 0.1) is 6.61 Å². The number of aliphatic hydroxyl groups is 1. The molecule has 2 atom stereocenters. The summed E-state index contributed by atoms with van der Waals surface area (Å²) in [4.78, 5) is 55.3. The van der Waals surface area contributed by atoms with E-state index in [9.17, 15) is 33.1 Å². The van der Waals surface area contributed by atoms with Crippen LogP contribution < -0.4 is 21.7 Å². The van der Waals surface area contributed by atoms with E-state index in [1.807, 2.05) is 6.92 Å². The van der Waals surface area contributed by atoms with Crippen molar-refractivity contribution in [2.24, 2.45) is 10.4 Å². The van der Waals surface area contributed by atoms with Crippen molar-refractivity contribution in [3.63, 3.8) is 0 Å². The molecule has 2 unspecified atom stereocenters. The van der Waals surface area contributed by atoms with Gasteiger partial charge in [-0.15, -0.1) is 0 Å². The number of quaternary nitrogens is 3. The quantitative estimate of drug-likeness (QED) is 0.0334. The number of nitrogens with one attached hydrogen (secondary N) is 2. The Morgan fingerprint density at radius 2 is 1.96 bits per heavy atom. The van der Waals surface area contributed by atoms with E-state index in [-0.39, 0.29) is 45.0 Å². The van der Waals surface area contributed by atoms with Gasteiger partial charge in [0.25, 0.3) is 5.91 Å². The number of piperidine rings is 1. The molecule has 1 heterocycles. The number of ether oxygens (including phenoxy) is 2. The zero-order chi connectivity index (χ0) is 35.8. The highest BCUT2D eigenvalue weighted by Crippen LogP contribution is 2.30. The Kier molecular flexibility index (Phi) is 16.0. The zero-order valence-electron chi connectivity index (χ0n) is 27.9. The van der Waals surface area contributed by atoms with Crippen molar-refractivity contribution in [2.75, 3.05) is 46.0 Å². The lowest BCUT2D eigenvalue weighted by Gasteiger charge is -2.43. The molecule has 1 aliphatic heterocycles. The summed E-state index contributed by atoms with van der Waals surface area (Å²) in [6.45, 7) is 5.56. The molecule has 10 N–H and O–H groups in total. The van der Waals surface area contributed by atoms with Crippen LogP contribution in [0.4, 0.5) is 13.6 Å². The van der Waals surface area contributed by atoms with Crippen LogP contribution in [0.3, 0.4) is 0 Å². The maximum atomic E-state index is 14.5. The molecular formula is C32H50F2N7O7+3. The van der Waals surface area contributed by atoms with Crippen molar-refractivity contribution in [3.05, 3.63) is 47.3 Å². The number of likely N-dealkylation sites (tertiary alicyclic amines) is 1. The molecule has 1 aliphatic rings. The van der Waals surface area contributed by atoms with Crippen LogP contribution in [0, 0.1) is 22.5 Å². The van der Waals surface area contributed by atoms with Crippen LogP contribution in [-0.2, 0) is 29.5 Å². The minimum Gasteiger partial charge on any atom is -0.439 e. The van der Waals surface area contributed by atoms with Gasteiger partial charge in [0, 0.05) is 36.7 Å². The Morgan fingerprint density at radius 1 is 1.23 bits per heavy atom. The number of aldehydes is 1. The van der Waals surface area contributed by atoms with Gasteiger partial charge in [0.2, 0.25) is 5.78 Å². The van der Waals surface area contributed by atoms with Crippen molar-refractivity contribution >= 4 is 36.7 Å². The second-order valence-electron chi connectivity index (χ2n) is 12.4. The first kappa shape index (κ1) is 40.2. The van der Waals surface area contributed by atoms with E-state index in [0.29, 0.717) is 50.3 Å². The van der Waals surface area contributed by atoms with E-state index < -0.39 is 46.0 Å². The SMILES string of the molecule is CCC(C)(C)C(=O)C(=O)N1CCCCC1(C=O)COCCCNC(=O)OC/C([NH3+])=C/[NH2+]CC(O)(C[NH2+]C=NC=N)c1ccc(F)cc1F. The average Bonchev–Trinajstić information content (AvgIpc) is 3.06. The summed E-state index contributed by atoms with van der Waals surface area (Å²) in [6, 6.07) is 2.89. The van der Waals surface area contributed by atoms with Crippen LogP contribution in [0.1, 0.15) is 58.4 Å². The second kappa shape index (κ2) is 19.1. The number of carbonyl (C=O) groups excluding carboxylic acids is 4. The minimum absolute atomic E-state index is 0.0585. The van der Waals surface area contributed by atoms with Gasteiger partial charge in [0.15, 0.2) is 30.4 Å². The number of ketones is 1. The van der Waals surface area contributed by atoms with Crippen LogP contribution in [0.5, 0.6) is 0 Å². The molecule has 0 spiro atoms. The van der Waals surface area contributed by atoms with E-state index in [0.717, 1.165) is 24.9 Å². The molecule has 2 rings (SSSR count). The molecule has 2 amide bonds. The fourth-order valence-electron chi connectivity index (χ4n) is 5.05. The maximum Gasteiger partial charge on any atom is 0.407 e. The summed E-state index contributed by atoms with van der Waals surface area (Å²) in [7, 11) is 0. The zero-order valence-corrected chi connectivity index (χ0v) is 27.9. The number of Topliss-reactive ketones (excluding diaryl/α,β-unsaturated/α-hetero) is 1. The number of carbonyl (C=O) groups is 4. The van der Waals surface area contributed by atoms with Crippen LogP contribution in [-0.4, -0.2) is 98.3 Å². The Labute approximate surface area is 279 Å². The van der Waals surface area contributed by atoms with Gasteiger partial charge in [-0.1, -0.05) is 20.8 Å². The predicted octanol–water partition coefficient (Wildman–Crippen LogP) is -0.914. The van der Waals surface area contributed by atoms with Gasteiger partial charge in [-0.3, -0.25) is 15.0 Å². The molecule has 1 saturated heterocycles. The number of nitrogens with zero attached hydrogens (tertiary/aromatic N) is 2. The second-order valence-corrected chi connectivity index (χ2v) is 12.4. The number of hydrogen-bond acceptors (Lipinski definition) is 8. The topological polar surface area (TPSA) is 219 Å². The number of amides is 2. The van der Waals surface area contributed by atoms with Gasteiger partial charge in [-0.2, -0.15) is 4.99 Å².